The predicted octanol–water partition coefficient (Wildman–Crippen LogP) is 2.07. The number of carbonyl (C=O) groups excluding carboxylic acids is 1. The number of halogens is 2. The number of hydrogen-bond donors (Lipinski definition) is 1. The van der Waals surface area contributed by atoms with Gasteiger partial charge in [-0.25, -0.2) is 4.98 Å². The molecular formula is C11H11BrClN3O. The van der Waals surface area contributed by atoms with Crippen molar-refractivity contribution in [1.29, 1.82) is 0 Å². The molecule has 0 aliphatic heterocycles. The maximum Gasteiger partial charge on any atom is 0.237 e. The van der Waals surface area contributed by atoms with Gasteiger partial charge in [0.15, 0.2) is 0 Å². The molecule has 2 aromatic rings. The molecule has 4 nitrogen and oxygen atoms in total. The number of nitrogens with zero attached hydrogens (tertiary/aromatic N) is 2. The quantitative estimate of drug-likeness (QED) is 0.878. The number of rotatable bonds is 4. The fourth-order valence-electron chi connectivity index (χ4n) is 1.75. The van der Waals surface area contributed by atoms with Crippen molar-refractivity contribution in [2.45, 2.75) is 13.0 Å². The lowest BCUT2D eigenvalue weighted by Crippen LogP contribution is -2.20. The van der Waals surface area contributed by atoms with Gasteiger partial charge in [-0.1, -0.05) is 15.9 Å². The summed E-state index contributed by atoms with van der Waals surface area (Å²) in [5, 5.41) is 0. The molecule has 0 bridgehead atoms. The highest BCUT2D eigenvalue weighted by molar-refractivity contribution is 9.10. The van der Waals surface area contributed by atoms with Gasteiger partial charge in [-0.2, -0.15) is 0 Å². The Morgan fingerprint density at radius 2 is 2.29 bits per heavy atom. The van der Waals surface area contributed by atoms with Crippen LogP contribution in [0.5, 0.6) is 0 Å². The van der Waals surface area contributed by atoms with E-state index >= 15 is 0 Å². The molecule has 17 heavy (non-hydrogen) atoms. The number of hydrogen-bond acceptors (Lipinski definition) is 2. The Morgan fingerprint density at radius 1 is 1.53 bits per heavy atom. The number of primary amides is 1. The molecule has 0 fully saturated rings. The maximum absolute atomic E-state index is 11.1. The zero-order valence-electron chi connectivity index (χ0n) is 8.99. The van der Waals surface area contributed by atoms with Gasteiger partial charge in [0.25, 0.3) is 0 Å². The summed E-state index contributed by atoms with van der Waals surface area (Å²) in [5.74, 6) is 0.857. The second-order valence-electron chi connectivity index (χ2n) is 3.65. The molecule has 0 spiro atoms. The van der Waals surface area contributed by atoms with E-state index in [9.17, 15) is 4.79 Å². The van der Waals surface area contributed by atoms with Crippen LogP contribution in [-0.4, -0.2) is 21.3 Å². The molecule has 1 aromatic heterocycles. The minimum Gasteiger partial charge on any atom is -0.368 e. The largest absolute Gasteiger partial charge is 0.368 e. The van der Waals surface area contributed by atoms with Crippen molar-refractivity contribution in [2.24, 2.45) is 5.73 Å². The number of amides is 1. The molecule has 2 N–H and O–H groups in total. The molecule has 90 valence electrons. The summed E-state index contributed by atoms with van der Waals surface area (Å²) >= 11 is 9.12. The van der Waals surface area contributed by atoms with E-state index in [0.717, 1.165) is 21.3 Å². The van der Waals surface area contributed by atoms with E-state index < -0.39 is 0 Å². The molecule has 0 radical (unpaired) electrons. The summed E-state index contributed by atoms with van der Waals surface area (Å²) in [7, 11) is 0. The zero-order valence-corrected chi connectivity index (χ0v) is 11.3. The van der Waals surface area contributed by atoms with Crippen LogP contribution in [0.4, 0.5) is 0 Å². The monoisotopic (exact) mass is 315 g/mol. The molecule has 0 aliphatic rings. The van der Waals surface area contributed by atoms with Gasteiger partial charge in [-0.3, -0.25) is 4.79 Å². The molecule has 1 amide bonds. The Balaban J connectivity index is 2.59. The molecule has 2 rings (SSSR count). The lowest BCUT2D eigenvalue weighted by atomic mass is 10.3. The van der Waals surface area contributed by atoms with Gasteiger partial charge in [0, 0.05) is 16.8 Å². The van der Waals surface area contributed by atoms with Crippen LogP contribution in [0.25, 0.3) is 11.0 Å². The van der Waals surface area contributed by atoms with Crippen LogP contribution >= 0.6 is 27.5 Å². The van der Waals surface area contributed by atoms with Crippen molar-refractivity contribution >= 4 is 44.5 Å². The normalized spacial score (nSPS) is 10.9. The highest BCUT2D eigenvalue weighted by Gasteiger charge is 2.12. The Labute approximate surface area is 112 Å². The highest BCUT2D eigenvalue weighted by atomic mass is 79.9. The topological polar surface area (TPSA) is 60.9 Å². The smallest absolute Gasteiger partial charge is 0.237 e. The fraction of sp³-hybridized carbons (Fsp3) is 0.273. The molecule has 0 atom stereocenters. The molecule has 1 aromatic carbocycles. The Kier molecular flexibility index (Phi) is 3.69. The molecule has 0 saturated heterocycles. The van der Waals surface area contributed by atoms with E-state index in [2.05, 4.69) is 20.9 Å². The molecule has 1 heterocycles. The summed E-state index contributed by atoms with van der Waals surface area (Å²) in [5.41, 5.74) is 6.98. The van der Waals surface area contributed by atoms with Crippen molar-refractivity contribution in [3.8, 4) is 0 Å². The van der Waals surface area contributed by atoms with Gasteiger partial charge < -0.3 is 10.3 Å². The van der Waals surface area contributed by atoms with Crippen LogP contribution < -0.4 is 5.73 Å². The standard InChI is InChI=1S/C11H11BrClN3O/c12-7-1-2-8-9(5-7)16(6-10(14)17)11(15-8)3-4-13/h1-2,5H,3-4,6H2,(H2,14,17). The summed E-state index contributed by atoms with van der Waals surface area (Å²) < 4.78 is 2.75. The van der Waals surface area contributed by atoms with Crippen LogP contribution in [-0.2, 0) is 17.8 Å². The highest BCUT2D eigenvalue weighted by Crippen LogP contribution is 2.21. The zero-order chi connectivity index (χ0) is 12.4. The van der Waals surface area contributed by atoms with Gasteiger partial charge >= 0.3 is 0 Å². The van der Waals surface area contributed by atoms with E-state index in [1.165, 1.54) is 0 Å². The van der Waals surface area contributed by atoms with Crippen LogP contribution in [0.1, 0.15) is 5.82 Å². The summed E-state index contributed by atoms with van der Waals surface area (Å²) in [4.78, 5) is 15.5. The van der Waals surface area contributed by atoms with Gasteiger partial charge in [-0.15, -0.1) is 11.6 Å². The number of imidazole rings is 1. The maximum atomic E-state index is 11.1. The summed E-state index contributed by atoms with van der Waals surface area (Å²) in [6.07, 6.45) is 0.612. The third-order valence-electron chi connectivity index (χ3n) is 2.42. The first-order valence-electron chi connectivity index (χ1n) is 5.10. The van der Waals surface area contributed by atoms with E-state index in [1.807, 2.05) is 22.8 Å². The van der Waals surface area contributed by atoms with Gasteiger partial charge in [-0.05, 0) is 18.2 Å². The summed E-state index contributed by atoms with van der Waals surface area (Å²) in [6.45, 7) is 0.124. The SMILES string of the molecule is NC(=O)Cn1c(CCCl)nc2ccc(Br)cc21. The number of alkyl halides is 1. The number of benzene rings is 1. The molecule has 0 aliphatic carbocycles. The van der Waals surface area contributed by atoms with Gasteiger partial charge in [0.05, 0.1) is 11.0 Å². The third-order valence-corrected chi connectivity index (χ3v) is 3.10. The Morgan fingerprint density at radius 3 is 2.94 bits per heavy atom. The number of aryl methyl sites for hydroxylation is 1. The van der Waals surface area contributed by atoms with Crippen molar-refractivity contribution in [3.63, 3.8) is 0 Å². The van der Waals surface area contributed by atoms with Crippen LogP contribution in [0.15, 0.2) is 22.7 Å². The van der Waals surface area contributed by atoms with Crippen LogP contribution in [0, 0.1) is 0 Å². The average molecular weight is 317 g/mol. The lowest BCUT2D eigenvalue weighted by molar-refractivity contribution is -0.118. The molecular weight excluding hydrogens is 305 g/mol. The van der Waals surface area contributed by atoms with Crippen LogP contribution in [0.2, 0.25) is 0 Å². The molecule has 0 unspecified atom stereocenters. The minimum absolute atomic E-state index is 0.124. The third kappa shape index (κ3) is 2.61. The van der Waals surface area contributed by atoms with E-state index in [4.69, 9.17) is 17.3 Å². The molecule has 0 saturated carbocycles. The number of fused-ring (bicyclic) bond motifs is 1. The lowest BCUT2D eigenvalue weighted by Gasteiger charge is -2.05. The predicted molar refractivity (Wildman–Crippen MR) is 71.1 cm³/mol. The Hall–Kier alpha value is -1.07. The first kappa shape index (κ1) is 12.4. The second kappa shape index (κ2) is 5.06. The van der Waals surface area contributed by atoms with E-state index in [0.29, 0.717) is 12.3 Å². The first-order chi connectivity index (χ1) is 8.11. The van der Waals surface area contributed by atoms with Crippen molar-refractivity contribution in [3.05, 3.63) is 28.5 Å². The summed E-state index contributed by atoms with van der Waals surface area (Å²) in [6, 6.07) is 5.73. The average Bonchev–Trinajstić information content (AvgIpc) is 2.57. The Bertz CT molecular complexity index is 567. The number of aromatic nitrogens is 2. The fourth-order valence-corrected chi connectivity index (χ4v) is 2.27. The van der Waals surface area contributed by atoms with E-state index in [-0.39, 0.29) is 12.5 Å². The number of nitrogens with two attached hydrogens (primary N) is 1. The van der Waals surface area contributed by atoms with Crippen molar-refractivity contribution in [2.75, 3.05) is 5.88 Å². The minimum atomic E-state index is -0.389. The second-order valence-corrected chi connectivity index (χ2v) is 4.95. The molecule has 6 heteroatoms. The number of carbonyl (C=O) groups is 1. The van der Waals surface area contributed by atoms with Gasteiger partial charge in [0.1, 0.15) is 12.4 Å². The van der Waals surface area contributed by atoms with E-state index in [1.54, 1.807) is 0 Å². The van der Waals surface area contributed by atoms with Gasteiger partial charge in [0.2, 0.25) is 5.91 Å². The van der Waals surface area contributed by atoms with Crippen LogP contribution in [0.3, 0.4) is 0 Å². The van der Waals surface area contributed by atoms with Crippen molar-refractivity contribution in [1.82, 2.24) is 9.55 Å². The van der Waals surface area contributed by atoms with Crippen molar-refractivity contribution < 1.29 is 4.79 Å². The first-order valence-corrected chi connectivity index (χ1v) is 6.43.